The monoisotopic (exact) mass is 340 g/mol. The minimum Gasteiger partial charge on any atom is -0.464 e. The van der Waals surface area contributed by atoms with E-state index in [1.54, 1.807) is 19.1 Å². The van der Waals surface area contributed by atoms with Gasteiger partial charge in [-0.05, 0) is 19.8 Å². The number of hydrogen-bond donors (Lipinski definition) is 3. The van der Waals surface area contributed by atoms with Crippen LogP contribution in [0.25, 0.3) is 0 Å². The number of hydrogen-bond acceptors (Lipinski definition) is 5. The highest BCUT2D eigenvalue weighted by atomic mass is 16.5. The van der Waals surface area contributed by atoms with Crippen molar-refractivity contribution in [2.24, 2.45) is 5.92 Å². The van der Waals surface area contributed by atoms with Crippen molar-refractivity contribution >= 4 is 17.8 Å². The maximum absolute atomic E-state index is 12.1. The third kappa shape index (κ3) is 10.6. The molecule has 2 amide bonds. The van der Waals surface area contributed by atoms with Crippen LogP contribution in [-0.2, 0) is 19.1 Å². The van der Waals surface area contributed by atoms with Crippen LogP contribution in [0.3, 0.4) is 0 Å². The molecule has 0 heterocycles. The molecule has 0 unspecified atom stereocenters. The molecule has 0 bridgehead atoms. The first kappa shape index (κ1) is 21.9. The molecule has 0 fully saturated rings. The molecule has 24 heavy (non-hydrogen) atoms. The molecule has 0 spiro atoms. The molecule has 2 atom stereocenters. The molecule has 0 saturated carbocycles. The summed E-state index contributed by atoms with van der Waals surface area (Å²) in [5.74, 6) is -1.51. The normalized spacial score (nSPS) is 12.6. The van der Waals surface area contributed by atoms with E-state index in [0.29, 0.717) is 12.8 Å². The zero-order valence-electron chi connectivity index (χ0n) is 14.3. The average molecular weight is 340 g/mol. The Bertz CT molecular complexity index is 437. The van der Waals surface area contributed by atoms with Gasteiger partial charge in [-0.2, -0.15) is 0 Å². The van der Waals surface area contributed by atoms with Gasteiger partial charge in [0.05, 0.1) is 19.1 Å². The number of rotatable bonds is 13. The second kappa shape index (κ2) is 13.3. The van der Waals surface area contributed by atoms with Crippen molar-refractivity contribution in [3.8, 4) is 0 Å². The maximum Gasteiger partial charge on any atom is 0.306 e. The van der Waals surface area contributed by atoms with E-state index in [1.807, 2.05) is 0 Å². The number of allylic oxidation sites excluding steroid dienone is 2. The van der Waals surface area contributed by atoms with Crippen molar-refractivity contribution < 1.29 is 24.2 Å². The fourth-order valence-electron chi connectivity index (χ4n) is 1.86. The van der Waals surface area contributed by atoms with Gasteiger partial charge in [0.1, 0.15) is 6.61 Å². The number of carbonyl (C=O) groups is 3. The van der Waals surface area contributed by atoms with E-state index < -0.39 is 5.92 Å². The molecule has 0 saturated heterocycles. The first-order chi connectivity index (χ1) is 11.4. The second-order valence-corrected chi connectivity index (χ2v) is 5.42. The summed E-state index contributed by atoms with van der Waals surface area (Å²) in [5.41, 5.74) is 0. The summed E-state index contributed by atoms with van der Waals surface area (Å²) < 4.78 is 4.95. The minimum atomic E-state index is -0.551. The van der Waals surface area contributed by atoms with Gasteiger partial charge >= 0.3 is 5.97 Å². The van der Waals surface area contributed by atoms with Gasteiger partial charge in [0.2, 0.25) is 11.8 Å². The van der Waals surface area contributed by atoms with Crippen molar-refractivity contribution in [1.82, 2.24) is 10.6 Å². The third-order valence-electron chi connectivity index (χ3n) is 3.15. The molecule has 136 valence electrons. The summed E-state index contributed by atoms with van der Waals surface area (Å²) in [5, 5.41) is 14.1. The van der Waals surface area contributed by atoms with Crippen LogP contribution in [-0.4, -0.2) is 48.7 Å². The Morgan fingerprint density at radius 2 is 1.96 bits per heavy atom. The zero-order chi connectivity index (χ0) is 18.4. The molecule has 0 aliphatic carbocycles. The largest absolute Gasteiger partial charge is 0.464 e. The number of amides is 2. The summed E-state index contributed by atoms with van der Waals surface area (Å²) in [4.78, 5) is 35.2. The molecule has 0 radical (unpaired) electrons. The first-order valence-electron chi connectivity index (χ1n) is 7.99. The SMILES string of the molecule is C=CCCC(=O)OCCNC(=O)[C@H](CC=C)CC(=O)N[C@H](C)CO. The van der Waals surface area contributed by atoms with Gasteiger partial charge in [-0.3, -0.25) is 14.4 Å². The number of esters is 1. The highest BCUT2D eigenvalue weighted by Gasteiger charge is 2.21. The highest BCUT2D eigenvalue weighted by Crippen LogP contribution is 2.10. The van der Waals surface area contributed by atoms with Crippen molar-refractivity contribution in [3.05, 3.63) is 25.3 Å². The van der Waals surface area contributed by atoms with E-state index in [2.05, 4.69) is 23.8 Å². The van der Waals surface area contributed by atoms with Crippen LogP contribution in [0.15, 0.2) is 25.3 Å². The van der Waals surface area contributed by atoms with E-state index in [9.17, 15) is 14.4 Å². The summed E-state index contributed by atoms with van der Waals surface area (Å²) in [6.07, 6.45) is 4.37. The highest BCUT2D eigenvalue weighted by molar-refractivity contribution is 5.86. The van der Waals surface area contributed by atoms with Crippen LogP contribution in [0, 0.1) is 5.92 Å². The summed E-state index contributed by atoms with van der Waals surface area (Å²) in [6.45, 7) is 8.87. The van der Waals surface area contributed by atoms with Crippen LogP contribution < -0.4 is 10.6 Å². The van der Waals surface area contributed by atoms with E-state index in [4.69, 9.17) is 9.84 Å². The lowest BCUT2D eigenvalue weighted by Crippen LogP contribution is -2.39. The summed E-state index contributed by atoms with van der Waals surface area (Å²) in [6, 6.07) is -0.361. The lowest BCUT2D eigenvalue weighted by molar-refractivity contribution is -0.144. The molecular formula is C17H28N2O5. The third-order valence-corrected chi connectivity index (χ3v) is 3.15. The molecule has 3 N–H and O–H groups in total. The Balaban J connectivity index is 4.19. The number of nitrogens with one attached hydrogen (secondary N) is 2. The molecule has 0 aromatic rings. The lowest BCUT2D eigenvalue weighted by atomic mass is 9.99. The van der Waals surface area contributed by atoms with Gasteiger partial charge in [-0.1, -0.05) is 12.2 Å². The molecule has 0 aromatic carbocycles. The van der Waals surface area contributed by atoms with Gasteiger partial charge in [-0.15, -0.1) is 13.2 Å². The molecule has 7 heteroatoms. The van der Waals surface area contributed by atoms with E-state index in [-0.39, 0.29) is 56.4 Å². The van der Waals surface area contributed by atoms with Crippen molar-refractivity contribution in [3.63, 3.8) is 0 Å². The number of ether oxygens (including phenoxy) is 1. The maximum atomic E-state index is 12.1. The van der Waals surface area contributed by atoms with Gasteiger partial charge in [0.25, 0.3) is 0 Å². The number of aliphatic hydroxyl groups excluding tert-OH is 1. The number of carbonyl (C=O) groups excluding carboxylic acids is 3. The second-order valence-electron chi connectivity index (χ2n) is 5.42. The quantitative estimate of drug-likeness (QED) is 0.260. The predicted molar refractivity (Wildman–Crippen MR) is 91.0 cm³/mol. The molecular weight excluding hydrogens is 312 g/mol. The minimum absolute atomic E-state index is 0.00131. The topological polar surface area (TPSA) is 105 Å². The van der Waals surface area contributed by atoms with Gasteiger partial charge < -0.3 is 20.5 Å². The Morgan fingerprint density at radius 3 is 2.54 bits per heavy atom. The van der Waals surface area contributed by atoms with Crippen LogP contribution in [0.2, 0.25) is 0 Å². The van der Waals surface area contributed by atoms with E-state index in [0.717, 1.165) is 0 Å². The van der Waals surface area contributed by atoms with Crippen LogP contribution >= 0.6 is 0 Å². The van der Waals surface area contributed by atoms with Gasteiger partial charge in [-0.25, -0.2) is 0 Å². The van der Waals surface area contributed by atoms with Crippen LogP contribution in [0.4, 0.5) is 0 Å². The predicted octanol–water partition coefficient (Wildman–Crippen LogP) is 0.691. The Morgan fingerprint density at radius 1 is 1.25 bits per heavy atom. The molecule has 0 aromatic heterocycles. The fourth-order valence-corrected chi connectivity index (χ4v) is 1.86. The lowest BCUT2D eigenvalue weighted by Gasteiger charge is -2.17. The summed E-state index contributed by atoms with van der Waals surface area (Å²) in [7, 11) is 0. The Labute approximate surface area is 143 Å². The molecule has 0 aliphatic rings. The fraction of sp³-hybridized carbons (Fsp3) is 0.588. The smallest absolute Gasteiger partial charge is 0.306 e. The van der Waals surface area contributed by atoms with Crippen molar-refractivity contribution in [2.75, 3.05) is 19.8 Å². The van der Waals surface area contributed by atoms with Crippen LogP contribution in [0.1, 0.15) is 32.6 Å². The van der Waals surface area contributed by atoms with Crippen molar-refractivity contribution in [2.45, 2.75) is 38.6 Å². The Hall–Kier alpha value is -2.15. The Kier molecular flexibility index (Phi) is 12.1. The molecule has 0 rings (SSSR count). The van der Waals surface area contributed by atoms with E-state index >= 15 is 0 Å². The standard InChI is InChI=1S/C17H28N2O5/c1-4-6-8-16(22)24-10-9-18-17(23)14(7-5-2)11-15(21)19-13(3)12-20/h4-5,13-14,20H,1-2,6-12H2,3H3,(H,18,23)(H,19,21)/t13-,14-/m1/s1. The average Bonchev–Trinajstić information content (AvgIpc) is 2.55. The zero-order valence-corrected chi connectivity index (χ0v) is 14.3. The van der Waals surface area contributed by atoms with E-state index in [1.165, 1.54) is 0 Å². The van der Waals surface area contributed by atoms with Crippen LogP contribution in [0.5, 0.6) is 0 Å². The van der Waals surface area contributed by atoms with Gasteiger partial charge in [0.15, 0.2) is 0 Å². The molecule has 7 nitrogen and oxygen atoms in total. The molecule has 0 aliphatic heterocycles. The first-order valence-corrected chi connectivity index (χ1v) is 7.99. The van der Waals surface area contributed by atoms with Gasteiger partial charge in [0, 0.05) is 18.9 Å². The number of aliphatic hydroxyl groups is 1. The summed E-state index contributed by atoms with van der Waals surface area (Å²) >= 11 is 0. The van der Waals surface area contributed by atoms with Crippen molar-refractivity contribution in [1.29, 1.82) is 0 Å².